The summed E-state index contributed by atoms with van der Waals surface area (Å²) in [6.45, 7) is 0. The third kappa shape index (κ3) is 2.03. The first-order chi connectivity index (χ1) is 10.0. The molecule has 21 heavy (non-hydrogen) atoms. The van der Waals surface area contributed by atoms with Crippen molar-refractivity contribution in [3.05, 3.63) is 58.7 Å². The van der Waals surface area contributed by atoms with Crippen LogP contribution in [0.4, 0.5) is 0 Å². The molecule has 1 aliphatic rings. The number of ketones is 2. The number of carbonyl (C=O) groups excluding carboxylic acids is 2. The molecule has 1 aliphatic carbocycles. The van der Waals surface area contributed by atoms with Gasteiger partial charge in [0.15, 0.2) is 17.3 Å². The highest BCUT2D eigenvalue weighted by molar-refractivity contribution is 7.74. The molecule has 0 saturated heterocycles. The van der Waals surface area contributed by atoms with Gasteiger partial charge in [0.05, 0.1) is 11.1 Å². The van der Waals surface area contributed by atoms with E-state index in [-0.39, 0.29) is 33.8 Å². The average Bonchev–Trinajstić information content (AvgIpc) is 2.46. The van der Waals surface area contributed by atoms with Crippen molar-refractivity contribution >= 4 is 22.9 Å². The number of phenolic OH excluding ortho intramolecular Hbond substituents is 1. The standard InChI is InChI=1S/C14H8O6S/c15-9-5-6-10(20-21(18)19)12-11(9)13(16)7-3-1-2-4-8(7)14(12)17/h1-6,15H,(H,18,19). The van der Waals surface area contributed by atoms with Crippen LogP contribution in [-0.2, 0) is 11.4 Å². The van der Waals surface area contributed by atoms with Crippen molar-refractivity contribution < 1.29 is 27.6 Å². The number of rotatable bonds is 2. The van der Waals surface area contributed by atoms with Gasteiger partial charge < -0.3 is 9.29 Å². The Labute approximate surface area is 121 Å². The Morgan fingerprint density at radius 2 is 1.48 bits per heavy atom. The second-order valence-corrected chi connectivity index (χ2v) is 4.94. The lowest BCUT2D eigenvalue weighted by atomic mass is 9.83. The molecule has 0 aromatic heterocycles. The fourth-order valence-corrected chi connectivity index (χ4v) is 2.62. The first-order valence-electron chi connectivity index (χ1n) is 5.84. The second-order valence-electron chi connectivity index (χ2n) is 4.34. The maximum atomic E-state index is 12.5. The lowest BCUT2D eigenvalue weighted by Gasteiger charge is -2.19. The van der Waals surface area contributed by atoms with Gasteiger partial charge in [-0.1, -0.05) is 24.3 Å². The minimum Gasteiger partial charge on any atom is -0.507 e. The molecule has 3 rings (SSSR count). The van der Waals surface area contributed by atoms with Gasteiger partial charge in [-0.25, -0.2) is 0 Å². The number of hydrogen-bond acceptors (Lipinski definition) is 5. The molecule has 1 unspecified atom stereocenters. The van der Waals surface area contributed by atoms with Gasteiger partial charge in [-0.05, 0) is 12.1 Å². The van der Waals surface area contributed by atoms with Gasteiger partial charge >= 0.3 is 11.4 Å². The minimum atomic E-state index is -2.65. The van der Waals surface area contributed by atoms with Crippen molar-refractivity contribution in [1.82, 2.24) is 0 Å². The average molecular weight is 304 g/mol. The quantitative estimate of drug-likeness (QED) is 0.699. The molecule has 2 aromatic rings. The van der Waals surface area contributed by atoms with Crippen LogP contribution in [0, 0.1) is 0 Å². The zero-order valence-corrected chi connectivity index (χ0v) is 11.2. The molecule has 7 heteroatoms. The molecule has 6 nitrogen and oxygen atoms in total. The zero-order chi connectivity index (χ0) is 15.1. The van der Waals surface area contributed by atoms with Gasteiger partial charge in [0.25, 0.3) is 0 Å². The third-order valence-electron chi connectivity index (χ3n) is 3.18. The highest BCUT2D eigenvalue weighted by Crippen LogP contribution is 2.38. The van der Waals surface area contributed by atoms with Gasteiger partial charge in [-0.2, -0.15) is 4.21 Å². The van der Waals surface area contributed by atoms with Crippen LogP contribution in [0.2, 0.25) is 0 Å². The van der Waals surface area contributed by atoms with E-state index in [4.69, 9.17) is 4.55 Å². The number of benzene rings is 2. The molecule has 0 saturated carbocycles. The van der Waals surface area contributed by atoms with Crippen molar-refractivity contribution in [2.45, 2.75) is 0 Å². The second kappa shape index (κ2) is 4.80. The van der Waals surface area contributed by atoms with E-state index in [9.17, 15) is 18.9 Å². The maximum absolute atomic E-state index is 12.5. The molecular formula is C14H8O6S. The van der Waals surface area contributed by atoms with Crippen molar-refractivity contribution in [3.8, 4) is 11.5 Å². The molecular weight excluding hydrogens is 296 g/mol. The summed E-state index contributed by atoms with van der Waals surface area (Å²) in [6, 6.07) is 8.47. The van der Waals surface area contributed by atoms with Gasteiger partial charge in [-0.3, -0.25) is 14.1 Å². The van der Waals surface area contributed by atoms with E-state index in [1.165, 1.54) is 18.2 Å². The Hall–Kier alpha value is -2.51. The van der Waals surface area contributed by atoms with E-state index in [2.05, 4.69) is 4.18 Å². The summed E-state index contributed by atoms with van der Waals surface area (Å²) >= 11 is -2.65. The Morgan fingerprint density at radius 1 is 0.905 bits per heavy atom. The molecule has 0 fully saturated rings. The van der Waals surface area contributed by atoms with Crippen LogP contribution < -0.4 is 4.18 Å². The fraction of sp³-hybridized carbons (Fsp3) is 0. The largest absolute Gasteiger partial charge is 0.507 e. The summed E-state index contributed by atoms with van der Waals surface area (Å²) in [6.07, 6.45) is 0. The Bertz CT molecular complexity index is 811. The summed E-state index contributed by atoms with van der Waals surface area (Å²) in [4.78, 5) is 24.9. The predicted molar refractivity (Wildman–Crippen MR) is 72.8 cm³/mol. The van der Waals surface area contributed by atoms with Crippen LogP contribution in [0.5, 0.6) is 11.5 Å². The SMILES string of the molecule is O=C1c2ccccc2C(=O)c2c(OS(=O)O)ccc(O)c21. The van der Waals surface area contributed by atoms with E-state index in [0.29, 0.717) is 0 Å². The lowest BCUT2D eigenvalue weighted by Crippen LogP contribution is -2.22. The lowest BCUT2D eigenvalue weighted by molar-refractivity contribution is 0.0975. The number of aromatic hydroxyl groups is 1. The van der Waals surface area contributed by atoms with Crippen LogP contribution in [-0.4, -0.2) is 25.4 Å². The first-order valence-corrected chi connectivity index (χ1v) is 6.87. The maximum Gasteiger partial charge on any atom is 0.357 e. The number of fused-ring (bicyclic) bond motifs is 2. The molecule has 106 valence electrons. The van der Waals surface area contributed by atoms with Crippen molar-refractivity contribution in [1.29, 1.82) is 0 Å². The molecule has 2 aromatic carbocycles. The van der Waals surface area contributed by atoms with Crippen molar-refractivity contribution in [2.24, 2.45) is 0 Å². The van der Waals surface area contributed by atoms with Crippen LogP contribution >= 0.6 is 0 Å². The minimum absolute atomic E-state index is 0.161. The van der Waals surface area contributed by atoms with Crippen molar-refractivity contribution in [2.75, 3.05) is 0 Å². The first kappa shape index (κ1) is 13.5. The summed E-state index contributed by atoms with van der Waals surface area (Å²) in [5.74, 6) is -1.69. The van der Waals surface area contributed by atoms with E-state index < -0.39 is 22.9 Å². The monoisotopic (exact) mass is 304 g/mol. The Morgan fingerprint density at radius 3 is 2.05 bits per heavy atom. The molecule has 0 amide bonds. The van der Waals surface area contributed by atoms with Crippen LogP contribution in [0.3, 0.4) is 0 Å². The summed E-state index contributed by atoms with van der Waals surface area (Å²) in [5, 5.41) is 9.86. The van der Waals surface area contributed by atoms with Gasteiger partial charge in [0, 0.05) is 11.1 Å². The van der Waals surface area contributed by atoms with E-state index in [1.54, 1.807) is 12.1 Å². The Kier molecular flexibility index (Phi) is 3.08. The number of hydrogen-bond donors (Lipinski definition) is 2. The fourth-order valence-electron chi connectivity index (χ4n) is 2.32. The van der Waals surface area contributed by atoms with Crippen LogP contribution in [0.15, 0.2) is 36.4 Å². The van der Waals surface area contributed by atoms with Gasteiger partial charge in [-0.15, -0.1) is 0 Å². The smallest absolute Gasteiger partial charge is 0.357 e. The van der Waals surface area contributed by atoms with E-state index in [0.717, 1.165) is 6.07 Å². The molecule has 0 bridgehead atoms. The van der Waals surface area contributed by atoms with E-state index >= 15 is 0 Å². The van der Waals surface area contributed by atoms with Gasteiger partial charge in [0.1, 0.15) is 5.75 Å². The van der Waals surface area contributed by atoms with E-state index in [1.807, 2.05) is 0 Å². The highest BCUT2D eigenvalue weighted by Gasteiger charge is 2.34. The zero-order valence-electron chi connectivity index (χ0n) is 10.4. The van der Waals surface area contributed by atoms with Crippen LogP contribution in [0.1, 0.15) is 31.8 Å². The normalized spacial score (nSPS) is 14.3. The molecule has 0 radical (unpaired) electrons. The van der Waals surface area contributed by atoms with Gasteiger partial charge in [0.2, 0.25) is 0 Å². The molecule has 1 atom stereocenters. The highest BCUT2D eigenvalue weighted by atomic mass is 32.2. The number of phenols is 1. The summed E-state index contributed by atoms with van der Waals surface area (Å²) in [7, 11) is 0. The molecule has 0 aliphatic heterocycles. The third-order valence-corrected chi connectivity index (χ3v) is 3.50. The summed E-state index contributed by atoms with van der Waals surface area (Å²) < 4.78 is 24.3. The van der Waals surface area contributed by atoms with Crippen LogP contribution in [0.25, 0.3) is 0 Å². The molecule has 2 N–H and O–H groups in total. The molecule has 0 heterocycles. The Balaban J connectivity index is 2.31. The summed E-state index contributed by atoms with van der Waals surface area (Å²) in [5.41, 5.74) is -0.0931. The topological polar surface area (TPSA) is 101 Å². The molecule has 0 spiro atoms. The van der Waals surface area contributed by atoms with Crippen molar-refractivity contribution in [3.63, 3.8) is 0 Å². The number of carbonyl (C=O) groups is 2. The predicted octanol–water partition coefficient (Wildman–Crippen LogP) is 1.68.